The fraction of sp³-hybridized carbons (Fsp3) is 0.333. The van der Waals surface area contributed by atoms with Crippen molar-refractivity contribution < 1.29 is 9.53 Å². The van der Waals surface area contributed by atoms with Crippen LogP contribution in [0.3, 0.4) is 0 Å². The van der Waals surface area contributed by atoms with Crippen molar-refractivity contribution in [3.05, 3.63) is 34.8 Å². The molecule has 1 aliphatic rings. The molecule has 0 amide bonds. The first kappa shape index (κ1) is 13.1. The maximum Gasteiger partial charge on any atom is 0.190 e. The lowest BCUT2D eigenvalue weighted by molar-refractivity contribution is 0.112. The van der Waals surface area contributed by atoms with Crippen molar-refractivity contribution in [2.75, 3.05) is 19.1 Å². The van der Waals surface area contributed by atoms with Crippen LogP contribution in [0.25, 0.3) is 0 Å². The molecule has 0 bridgehead atoms. The molecule has 1 fully saturated rings. The van der Waals surface area contributed by atoms with Gasteiger partial charge in [-0.05, 0) is 25.0 Å². The smallest absolute Gasteiger partial charge is 0.190 e. The van der Waals surface area contributed by atoms with Crippen LogP contribution in [0.1, 0.15) is 34.1 Å². The van der Waals surface area contributed by atoms with Crippen LogP contribution in [0.2, 0.25) is 0 Å². The highest BCUT2D eigenvalue weighted by atomic mass is 32.1. The predicted molar refractivity (Wildman–Crippen MR) is 80.5 cm³/mol. The lowest BCUT2D eigenvalue weighted by atomic mass is 10.2. The van der Waals surface area contributed by atoms with Crippen molar-refractivity contribution in [3.8, 4) is 5.75 Å². The molecule has 1 saturated carbocycles. The van der Waals surface area contributed by atoms with Gasteiger partial charge in [0, 0.05) is 24.7 Å². The lowest BCUT2D eigenvalue weighted by Crippen LogP contribution is -2.09. The highest BCUT2D eigenvalue weighted by Gasteiger charge is 2.30. The van der Waals surface area contributed by atoms with Gasteiger partial charge in [-0.3, -0.25) is 4.79 Å². The number of carbonyl (C=O) groups is 1. The number of anilines is 2. The molecule has 104 valence electrons. The second-order valence-electron chi connectivity index (χ2n) is 4.90. The average molecular weight is 288 g/mol. The Labute approximate surface area is 122 Å². The Bertz CT molecular complexity index is 635. The quantitative estimate of drug-likeness (QED) is 0.788. The largest absolute Gasteiger partial charge is 0.497 e. The zero-order valence-electron chi connectivity index (χ0n) is 11.5. The van der Waals surface area contributed by atoms with Gasteiger partial charge in [-0.1, -0.05) is 17.4 Å². The Kier molecular flexibility index (Phi) is 3.44. The number of hydrogen-bond acceptors (Lipinski definition) is 5. The fourth-order valence-corrected chi connectivity index (χ4v) is 3.09. The normalized spacial score (nSPS) is 14.1. The molecule has 0 atom stereocenters. The van der Waals surface area contributed by atoms with E-state index < -0.39 is 0 Å². The number of nitrogens with zero attached hydrogens (tertiary/aromatic N) is 2. The third kappa shape index (κ3) is 2.41. The van der Waals surface area contributed by atoms with E-state index in [1.165, 1.54) is 11.3 Å². The second-order valence-corrected chi connectivity index (χ2v) is 5.91. The molecule has 0 spiro atoms. The van der Waals surface area contributed by atoms with Crippen LogP contribution in [0.5, 0.6) is 5.75 Å². The van der Waals surface area contributed by atoms with E-state index in [1.807, 2.05) is 36.2 Å². The third-order valence-corrected chi connectivity index (χ3v) is 4.54. The first-order chi connectivity index (χ1) is 9.72. The van der Waals surface area contributed by atoms with Gasteiger partial charge >= 0.3 is 0 Å². The Morgan fingerprint density at radius 2 is 2.25 bits per heavy atom. The van der Waals surface area contributed by atoms with E-state index >= 15 is 0 Å². The second kappa shape index (κ2) is 5.25. The molecule has 20 heavy (non-hydrogen) atoms. The van der Waals surface area contributed by atoms with Crippen LogP contribution >= 0.6 is 11.3 Å². The molecule has 1 heterocycles. The van der Waals surface area contributed by atoms with Crippen LogP contribution in [0.15, 0.2) is 24.3 Å². The molecule has 0 N–H and O–H groups in total. The average Bonchev–Trinajstić information content (AvgIpc) is 3.25. The Hall–Kier alpha value is -1.88. The van der Waals surface area contributed by atoms with Crippen LogP contribution < -0.4 is 9.64 Å². The van der Waals surface area contributed by atoms with Crippen molar-refractivity contribution in [1.29, 1.82) is 0 Å². The zero-order chi connectivity index (χ0) is 14.1. The minimum atomic E-state index is 0.485. The molecule has 3 rings (SSSR count). The van der Waals surface area contributed by atoms with Crippen LogP contribution in [0, 0.1) is 0 Å². The molecule has 4 nitrogen and oxygen atoms in total. The van der Waals surface area contributed by atoms with E-state index in [2.05, 4.69) is 4.98 Å². The number of hydrogen-bond donors (Lipinski definition) is 0. The van der Waals surface area contributed by atoms with Crippen molar-refractivity contribution >= 4 is 28.4 Å². The topological polar surface area (TPSA) is 42.4 Å². The van der Waals surface area contributed by atoms with Crippen molar-refractivity contribution in [1.82, 2.24) is 4.98 Å². The molecule has 0 saturated heterocycles. The van der Waals surface area contributed by atoms with Gasteiger partial charge < -0.3 is 9.64 Å². The Balaban J connectivity index is 1.93. The number of carbonyl (C=O) groups excluding carboxylic acids is 1. The predicted octanol–water partition coefficient (Wildman–Crippen LogP) is 3.61. The van der Waals surface area contributed by atoms with E-state index in [1.54, 1.807) is 7.11 Å². The standard InChI is InChI=1S/C15H16N2O2S/c1-17(11-4-3-5-12(8-11)19-2)15-16-14(10-6-7-10)13(9-18)20-15/h3-5,8-10H,6-7H2,1-2H3. The first-order valence-electron chi connectivity index (χ1n) is 6.56. The summed E-state index contributed by atoms with van der Waals surface area (Å²) in [5, 5.41) is 0.849. The Morgan fingerprint density at radius 1 is 1.45 bits per heavy atom. The first-order valence-corrected chi connectivity index (χ1v) is 7.38. The number of benzene rings is 1. The summed E-state index contributed by atoms with van der Waals surface area (Å²) in [5.41, 5.74) is 1.97. The van der Waals surface area contributed by atoms with Crippen LogP contribution in [-0.4, -0.2) is 25.4 Å². The number of aldehydes is 1. The van der Waals surface area contributed by atoms with Gasteiger partial charge in [0.25, 0.3) is 0 Å². The van der Waals surface area contributed by atoms with Crippen molar-refractivity contribution in [2.45, 2.75) is 18.8 Å². The minimum absolute atomic E-state index is 0.485. The maximum atomic E-state index is 11.2. The van der Waals surface area contributed by atoms with Crippen LogP contribution in [-0.2, 0) is 0 Å². The molecule has 1 aromatic carbocycles. The molecule has 2 aromatic rings. The van der Waals surface area contributed by atoms with Gasteiger partial charge in [-0.2, -0.15) is 0 Å². The van der Waals surface area contributed by atoms with Crippen molar-refractivity contribution in [2.24, 2.45) is 0 Å². The summed E-state index contributed by atoms with van der Waals surface area (Å²) in [7, 11) is 3.61. The molecule has 0 aliphatic heterocycles. The van der Waals surface area contributed by atoms with E-state index in [4.69, 9.17) is 4.74 Å². The summed E-state index contributed by atoms with van der Waals surface area (Å²) in [6.07, 6.45) is 3.22. The highest BCUT2D eigenvalue weighted by Crippen LogP contribution is 2.44. The number of thiazole rings is 1. The number of rotatable bonds is 5. The van der Waals surface area contributed by atoms with E-state index in [-0.39, 0.29) is 0 Å². The number of methoxy groups -OCH3 is 1. The summed E-state index contributed by atoms with van der Waals surface area (Å²) >= 11 is 1.45. The molecular formula is C15H16N2O2S. The zero-order valence-corrected chi connectivity index (χ0v) is 12.3. The van der Waals surface area contributed by atoms with E-state index in [0.717, 1.165) is 46.3 Å². The minimum Gasteiger partial charge on any atom is -0.497 e. The van der Waals surface area contributed by atoms with Gasteiger partial charge in [-0.15, -0.1) is 0 Å². The van der Waals surface area contributed by atoms with E-state index in [9.17, 15) is 4.79 Å². The lowest BCUT2D eigenvalue weighted by Gasteiger charge is -2.16. The number of aromatic nitrogens is 1. The van der Waals surface area contributed by atoms with Crippen LogP contribution in [0.4, 0.5) is 10.8 Å². The van der Waals surface area contributed by atoms with Gasteiger partial charge in [0.2, 0.25) is 0 Å². The Morgan fingerprint density at radius 3 is 2.90 bits per heavy atom. The molecule has 1 aromatic heterocycles. The van der Waals surface area contributed by atoms with Crippen molar-refractivity contribution in [3.63, 3.8) is 0 Å². The molecule has 0 radical (unpaired) electrons. The molecular weight excluding hydrogens is 272 g/mol. The maximum absolute atomic E-state index is 11.2. The van der Waals surface area contributed by atoms with Gasteiger partial charge in [0.1, 0.15) is 5.75 Å². The van der Waals surface area contributed by atoms with Gasteiger partial charge in [0.05, 0.1) is 17.7 Å². The fourth-order valence-electron chi connectivity index (χ4n) is 2.14. The summed E-state index contributed by atoms with van der Waals surface area (Å²) in [5.74, 6) is 1.29. The number of ether oxygens (including phenoxy) is 1. The summed E-state index contributed by atoms with van der Waals surface area (Å²) < 4.78 is 5.24. The SMILES string of the molecule is COc1cccc(N(C)c2nc(C3CC3)c(C=O)s2)c1. The molecule has 0 unspecified atom stereocenters. The van der Waals surface area contributed by atoms with E-state index in [0.29, 0.717) is 5.92 Å². The molecule has 5 heteroatoms. The monoisotopic (exact) mass is 288 g/mol. The summed E-state index contributed by atoms with van der Waals surface area (Å²) in [4.78, 5) is 18.6. The van der Waals surface area contributed by atoms with Gasteiger partial charge in [-0.25, -0.2) is 4.98 Å². The highest BCUT2D eigenvalue weighted by molar-refractivity contribution is 7.17. The third-order valence-electron chi connectivity index (χ3n) is 3.47. The molecule has 1 aliphatic carbocycles. The van der Waals surface area contributed by atoms with Gasteiger partial charge in [0.15, 0.2) is 11.4 Å². The summed E-state index contributed by atoms with van der Waals surface area (Å²) in [6.45, 7) is 0. The summed E-state index contributed by atoms with van der Waals surface area (Å²) in [6, 6.07) is 7.81.